The Morgan fingerprint density at radius 3 is 2.75 bits per heavy atom. The number of benzene rings is 1. The van der Waals surface area contributed by atoms with E-state index in [4.69, 9.17) is 10.5 Å². The topological polar surface area (TPSA) is 52.3 Å². The van der Waals surface area contributed by atoms with Gasteiger partial charge in [0.05, 0.1) is 7.11 Å². The van der Waals surface area contributed by atoms with Crippen LogP contribution >= 0.6 is 0 Å². The van der Waals surface area contributed by atoms with Crippen LogP contribution in [0.3, 0.4) is 0 Å². The molecule has 0 heterocycles. The number of rotatable bonds is 4. The number of carbonyl (C=O) groups excluding carboxylic acids is 1. The number of methoxy groups -OCH3 is 1. The molecule has 0 radical (unpaired) electrons. The fourth-order valence-electron chi connectivity index (χ4n) is 3.95. The Bertz CT molecular complexity index is 529. The molecule has 4 unspecified atom stereocenters. The number of fused-ring (bicyclic) bond motifs is 2. The van der Waals surface area contributed by atoms with Crippen molar-refractivity contribution >= 4 is 5.78 Å². The van der Waals surface area contributed by atoms with Gasteiger partial charge in [-0.1, -0.05) is 6.07 Å². The van der Waals surface area contributed by atoms with Gasteiger partial charge < -0.3 is 10.5 Å². The van der Waals surface area contributed by atoms with Crippen LogP contribution in [0.5, 0.6) is 5.75 Å². The lowest BCUT2D eigenvalue weighted by Gasteiger charge is -2.26. The summed E-state index contributed by atoms with van der Waals surface area (Å²) < 4.78 is 18.5. The minimum absolute atomic E-state index is 0.00402. The standard InChI is InChI=1S/C16H20FNO2/c1-20-14-5-2-9(6-12(14)17)7-13(19)15-10-3-4-11(8-10)16(15)18/h2,5-6,10-11,15-16H,3-4,7-8,18H2,1H3. The van der Waals surface area contributed by atoms with E-state index in [0.717, 1.165) is 19.3 Å². The lowest BCUT2D eigenvalue weighted by molar-refractivity contribution is -0.124. The van der Waals surface area contributed by atoms with Crippen LogP contribution < -0.4 is 10.5 Å². The number of Topliss-reactive ketones (excluding diaryl/α,β-unsaturated/α-hetero) is 1. The fraction of sp³-hybridized carbons (Fsp3) is 0.562. The molecule has 3 rings (SSSR count). The van der Waals surface area contributed by atoms with Crippen LogP contribution in [0, 0.1) is 23.6 Å². The Hall–Kier alpha value is -1.42. The smallest absolute Gasteiger partial charge is 0.165 e. The molecule has 2 bridgehead atoms. The zero-order chi connectivity index (χ0) is 14.3. The van der Waals surface area contributed by atoms with Crippen molar-refractivity contribution in [2.45, 2.75) is 31.7 Å². The van der Waals surface area contributed by atoms with Gasteiger partial charge in [-0.3, -0.25) is 4.79 Å². The summed E-state index contributed by atoms with van der Waals surface area (Å²) in [6, 6.07) is 4.71. The molecule has 3 nitrogen and oxygen atoms in total. The molecule has 108 valence electrons. The highest BCUT2D eigenvalue weighted by Crippen LogP contribution is 2.48. The summed E-state index contributed by atoms with van der Waals surface area (Å²) in [5.41, 5.74) is 6.88. The predicted octanol–water partition coefficient (Wildman–Crippen LogP) is 2.32. The molecule has 0 saturated heterocycles. The van der Waals surface area contributed by atoms with Crippen LogP contribution in [0.2, 0.25) is 0 Å². The highest BCUT2D eigenvalue weighted by atomic mass is 19.1. The number of nitrogens with two attached hydrogens (primary N) is 1. The van der Waals surface area contributed by atoms with Gasteiger partial charge in [0.1, 0.15) is 5.78 Å². The minimum Gasteiger partial charge on any atom is -0.494 e. The van der Waals surface area contributed by atoms with Gasteiger partial charge in [0, 0.05) is 18.4 Å². The predicted molar refractivity (Wildman–Crippen MR) is 74.0 cm³/mol. The Labute approximate surface area is 118 Å². The molecule has 2 aliphatic rings. The average molecular weight is 277 g/mol. The van der Waals surface area contributed by atoms with Crippen LogP contribution in [-0.4, -0.2) is 18.9 Å². The molecule has 2 aliphatic carbocycles. The van der Waals surface area contributed by atoms with Crippen LogP contribution in [0.4, 0.5) is 4.39 Å². The first-order valence-electron chi connectivity index (χ1n) is 7.21. The van der Waals surface area contributed by atoms with Crippen LogP contribution in [-0.2, 0) is 11.2 Å². The zero-order valence-electron chi connectivity index (χ0n) is 11.6. The van der Waals surface area contributed by atoms with Crippen molar-refractivity contribution in [3.63, 3.8) is 0 Å². The SMILES string of the molecule is COc1ccc(CC(=O)C2C3CCC(C3)C2N)cc1F. The van der Waals surface area contributed by atoms with Crippen molar-refractivity contribution in [3.05, 3.63) is 29.6 Å². The van der Waals surface area contributed by atoms with E-state index in [1.165, 1.54) is 13.2 Å². The molecular weight excluding hydrogens is 257 g/mol. The Morgan fingerprint density at radius 2 is 2.15 bits per heavy atom. The highest BCUT2D eigenvalue weighted by molar-refractivity contribution is 5.84. The van der Waals surface area contributed by atoms with Gasteiger partial charge in [-0.2, -0.15) is 0 Å². The summed E-state index contributed by atoms with van der Waals surface area (Å²) in [6.07, 6.45) is 3.63. The van der Waals surface area contributed by atoms with Crippen molar-refractivity contribution in [2.75, 3.05) is 7.11 Å². The third-order valence-corrected chi connectivity index (χ3v) is 4.95. The molecule has 20 heavy (non-hydrogen) atoms. The van der Waals surface area contributed by atoms with E-state index in [1.54, 1.807) is 12.1 Å². The quantitative estimate of drug-likeness (QED) is 0.919. The summed E-state index contributed by atoms with van der Waals surface area (Å²) in [5, 5.41) is 0. The molecule has 2 fully saturated rings. The van der Waals surface area contributed by atoms with Crippen LogP contribution in [0.25, 0.3) is 0 Å². The molecule has 1 aromatic rings. The van der Waals surface area contributed by atoms with Crippen molar-refractivity contribution in [1.29, 1.82) is 0 Å². The number of ether oxygens (including phenoxy) is 1. The normalized spacial score (nSPS) is 31.6. The molecule has 1 aromatic carbocycles. The number of hydrogen-bond donors (Lipinski definition) is 1. The van der Waals surface area contributed by atoms with Gasteiger partial charge >= 0.3 is 0 Å². The number of hydrogen-bond acceptors (Lipinski definition) is 3. The molecular formula is C16H20FNO2. The summed E-state index contributed by atoms with van der Waals surface area (Å²) in [5.74, 6) is 0.883. The van der Waals surface area contributed by atoms with E-state index in [0.29, 0.717) is 17.4 Å². The van der Waals surface area contributed by atoms with Crippen molar-refractivity contribution in [2.24, 2.45) is 23.5 Å². The van der Waals surface area contributed by atoms with Gasteiger partial charge in [0.25, 0.3) is 0 Å². The fourth-order valence-corrected chi connectivity index (χ4v) is 3.95. The van der Waals surface area contributed by atoms with Gasteiger partial charge in [0.2, 0.25) is 0 Å². The summed E-state index contributed by atoms with van der Waals surface area (Å²) in [6.45, 7) is 0. The Balaban J connectivity index is 1.72. The van der Waals surface area contributed by atoms with E-state index in [1.807, 2.05) is 0 Å². The number of halogens is 1. The largest absolute Gasteiger partial charge is 0.494 e. The summed E-state index contributed by atoms with van der Waals surface area (Å²) in [4.78, 5) is 12.4. The van der Waals surface area contributed by atoms with E-state index >= 15 is 0 Å². The van der Waals surface area contributed by atoms with Crippen molar-refractivity contribution < 1.29 is 13.9 Å². The maximum Gasteiger partial charge on any atom is 0.165 e. The first-order valence-corrected chi connectivity index (χ1v) is 7.21. The summed E-state index contributed by atoms with van der Waals surface area (Å²) in [7, 11) is 1.43. The first-order chi connectivity index (χ1) is 9.60. The average Bonchev–Trinajstić information content (AvgIpc) is 2.99. The van der Waals surface area contributed by atoms with Gasteiger partial charge in [-0.05, 0) is 48.8 Å². The third kappa shape index (κ3) is 2.22. The molecule has 2 N–H and O–H groups in total. The maximum absolute atomic E-state index is 13.6. The zero-order valence-corrected chi connectivity index (χ0v) is 11.6. The van der Waals surface area contributed by atoms with E-state index in [9.17, 15) is 9.18 Å². The van der Waals surface area contributed by atoms with Crippen LogP contribution in [0.15, 0.2) is 18.2 Å². The number of carbonyl (C=O) groups is 1. The molecule has 4 heteroatoms. The summed E-state index contributed by atoms with van der Waals surface area (Å²) >= 11 is 0. The monoisotopic (exact) mass is 277 g/mol. The first kappa shape index (κ1) is 13.6. The highest BCUT2D eigenvalue weighted by Gasteiger charge is 2.48. The van der Waals surface area contributed by atoms with Gasteiger partial charge in [-0.25, -0.2) is 4.39 Å². The molecule has 2 saturated carbocycles. The van der Waals surface area contributed by atoms with E-state index < -0.39 is 5.82 Å². The maximum atomic E-state index is 13.6. The second-order valence-electron chi connectivity index (χ2n) is 6.05. The van der Waals surface area contributed by atoms with Gasteiger partial charge in [0.15, 0.2) is 11.6 Å². The lowest BCUT2D eigenvalue weighted by Crippen LogP contribution is -2.40. The Morgan fingerprint density at radius 1 is 1.40 bits per heavy atom. The lowest BCUT2D eigenvalue weighted by atomic mass is 9.80. The van der Waals surface area contributed by atoms with E-state index in [-0.39, 0.29) is 29.9 Å². The molecule has 0 aliphatic heterocycles. The van der Waals surface area contributed by atoms with E-state index in [2.05, 4.69) is 0 Å². The molecule has 4 atom stereocenters. The minimum atomic E-state index is -0.421. The Kier molecular flexibility index (Phi) is 3.50. The molecule has 0 spiro atoms. The second kappa shape index (κ2) is 5.17. The molecule has 0 aromatic heterocycles. The van der Waals surface area contributed by atoms with Crippen LogP contribution in [0.1, 0.15) is 24.8 Å². The molecule has 0 amide bonds. The second-order valence-corrected chi connectivity index (χ2v) is 6.05. The third-order valence-electron chi connectivity index (χ3n) is 4.95. The number of ketones is 1. The van der Waals surface area contributed by atoms with Crippen molar-refractivity contribution in [1.82, 2.24) is 0 Å². The van der Waals surface area contributed by atoms with Gasteiger partial charge in [-0.15, -0.1) is 0 Å². The van der Waals surface area contributed by atoms with Crippen molar-refractivity contribution in [3.8, 4) is 5.75 Å².